The summed E-state index contributed by atoms with van der Waals surface area (Å²) >= 11 is 0. The Morgan fingerprint density at radius 3 is 2.74 bits per heavy atom. The Hall–Kier alpha value is -3.68. The lowest BCUT2D eigenvalue weighted by atomic mass is 9.92. The summed E-state index contributed by atoms with van der Waals surface area (Å²) in [7, 11) is 0. The number of aromatic nitrogens is 1. The zero-order chi connectivity index (χ0) is 24.2. The van der Waals surface area contributed by atoms with E-state index in [-0.39, 0.29) is 11.6 Å². The summed E-state index contributed by atoms with van der Waals surface area (Å²) < 4.78 is 20.4. The number of hydrogen-bond donors (Lipinski definition) is 3. The zero-order valence-electron chi connectivity index (χ0n) is 19.6. The van der Waals surface area contributed by atoms with Crippen LogP contribution in [-0.4, -0.2) is 30.0 Å². The maximum absolute atomic E-state index is 14.3. The molecule has 0 saturated heterocycles. The van der Waals surface area contributed by atoms with Crippen molar-refractivity contribution in [2.45, 2.75) is 39.2 Å². The first kappa shape index (κ1) is 23.5. The highest BCUT2D eigenvalue weighted by molar-refractivity contribution is 6.14. The van der Waals surface area contributed by atoms with Crippen LogP contribution in [0.3, 0.4) is 0 Å². The fourth-order valence-electron chi connectivity index (χ4n) is 3.96. The molecule has 6 N–H and O–H groups in total. The van der Waals surface area contributed by atoms with Crippen LogP contribution in [0, 0.1) is 11.7 Å². The molecule has 2 bridgehead atoms. The third-order valence-electron chi connectivity index (χ3n) is 6.07. The molecule has 178 valence electrons. The highest BCUT2D eigenvalue weighted by Crippen LogP contribution is 2.34. The normalized spacial score (nSPS) is 21.3. The first-order valence-corrected chi connectivity index (χ1v) is 11.6. The smallest absolute Gasteiger partial charge is 0.166 e. The topological polar surface area (TPSA) is 125 Å². The number of nitrogens with two attached hydrogens (primary N) is 3. The Morgan fingerprint density at radius 1 is 1.24 bits per heavy atom. The van der Waals surface area contributed by atoms with Crippen LogP contribution in [0.2, 0.25) is 0 Å². The van der Waals surface area contributed by atoms with Gasteiger partial charge in [-0.15, -0.1) is 0 Å². The van der Waals surface area contributed by atoms with Crippen LogP contribution in [0.15, 0.2) is 57.8 Å². The number of rotatable bonds is 4. The number of anilines is 1. The van der Waals surface area contributed by atoms with E-state index in [1.54, 1.807) is 24.7 Å². The minimum Gasteiger partial charge on any atom is -0.482 e. The summed E-state index contributed by atoms with van der Waals surface area (Å²) in [4.78, 5) is 13.7. The minimum absolute atomic E-state index is 0.240. The van der Waals surface area contributed by atoms with Gasteiger partial charge in [-0.25, -0.2) is 9.37 Å². The van der Waals surface area contributed by atoms with Crippen molar-refractivity contribution in [3.8, 4) is 5.75 Å². The standard InChI is InChI=1S/C26H31FN6O/c1-3-31-13-18-8-17(11-28)25(32-12-16-4-5-16)19-9-23(26(30)33-14-19)34-15(2)22-10-20(27)6-7-21(22)24(18)29/h6-7,9-11,13-16H,3-5,8,12,28-29H2,1-2H3,(H2,30,33)/t15-/m1/s1. The molecule has 1 atom stereocenters. The highest BCUT2D eigenvalue weighted by atomic mass is 19.1. The number of pyridine rings is 1. The number of aliphatic imine (C=N–C) groups is 2. The molecule has 4 rings (SSSR count). The fraction of sp³-hybridized carbons (Fsp3) is 0.346. The average Bonchev–Trinajstić information content (AvgIpc) is 3.65. The van der Waals surface area contributed by atoms with Crippen molar-refractivity contribution in [3.05, 3.63) is 70.3 Å². The summed E-state index contributed by atoms with van der Waals surface area (Å²) in [5.74, 6) is 0.847. The second-order valence-corrected chi connectivity index (χ2v) is 8.67. The van der Waals surface area contributed by atoms with Crippen LogP contribution in [-0.2, 0) is 0 Å². The SMILES string of the molecule is CCN=CC1=C(N)c2ccc(F)cc2[C@@H](C)Oc2cc(cnc2N)C(=NCC2CC2)C(=CN)C1. The van der Waals surface area contributed by atoms with Crippen LogP contribution in [0.5, 0.6) is 5.75 Å². The predicted molar refractivity (Wildman–Crippen MR) is 135 cm³/mol. The van der Waals surface area contributed by atoms with Crippen LogP contribution in [0.1, 0.15) is 55.9 Å². The van der Waals surface area contributed by atoms with Gasteiger partial charge in [0.1, 0.15) is 11.9 Å². The number of benzene rings is 1. The monoisotopic (exact) mass is 462 g/mol. The van der Waals surface area contributed by atoms with E-state index < -0.39 is 6.10 Å². The lowest BCUT2D eigenvalue weighted by Crippen LogP contribution is -2.17. The van der Waals surface area contributed by atoms with Crippen molar-refractivity contribution in [2.75, 3.05) is 18.8 Å². The molecule has 1 aliphatic heterocycles. The van der Waals surface area contributed by atoms with Gasteiger partial charge in [0.05, 0.1) is 5.71 Å². The van der Waals surface area contributed by atoms with E-state index in [1.807, 2.05) is 19.9 Å². The number of allylic oxidation sites excluding steroid dienone is 2. The van der Waals surface area contributed by atoms with Crippen molar-refractivity contribution >= 4 is 23.4 Å². The summed E-state index contributed by atoms with van der Waals surface area (Å²) in [6, 6.07) is 6.30. The average molecular weight is 463 g/mol. The van der Waals surface area contributed by atoms with Crippen LogP contribution < -0.4 is 21.9 Å². The van der Waals surface area contributed by atoms with Crippen molar-refractivity contribution in [2.24, 2.45) is 27.4 Å². The highest BCUT2D eigenvalue weighted by Gasteiger charge is 2.24. The summed E-state index contributed by atoms with van der Waals surface area (Å²) in [6.07, 6.45) is 7.21. The van der Waals surface area contributed by atoms with Gasteiger partial charge in [0, 0.05) is 54.3 Å². The number of nitrogens with zero attached hydrogens (tertiary/aromatic N) is 3. The quantitative estimate of drug-likeness (QED) is 0.589. The predicted octanol–water partition coefficient (Wildman–Crippen LogP) is 4.15. The lowest BCUT2D eigenvalue weighted by Gasteiger charge is -2.23. The third kappa shape index (κ3) is 5.11. The van der Waals surface area contributed by atoms with Gasteiger partial charge in [0.15, 0.2) is 11.6 Å². The molecule has 1 aromatic heterocycles. The summed E-state index contributed by atoms with van der Waals surface area (Å²) in [6.45, 7) is 5.09. The molecule has 0 unspecified atom stereocenters. The summed E-state index contributed by atoms with van der Waals surface area (Å²) in [5.41, 5.74) is 23.7. The first-order valence-electron chi connectivity index (χ1n) is 11.6. The van der Waals surface area contributed by atoms with Gasteiger partial charge in [-0.3, -0.25) is 9.98 Å². The van der Waals surface area contributed by atoms with Gasteiger partial charge >= 0.3 is 0 Å². The molecule has 0 amide bonds. The van der Waals surface area contributed by atoms with Crippen molar-refractivity contribution < 1.29 is 9.13 Å². The number of ether oxygens (including phenoxy) is 1. The molecule has 2 heterocycles. The fourth-order valence-corrected chi connectivity index (χ4v) is 3.96. The number of hydrogen-bond acceptors (Lipinski definition) is 7. The zero-order valence-corrected chi connectivity index (χ0v) is 19.6. The second kappa shape index (κ2) is 10.1. The minimum atomic E-state index is -0.538. The molecule has 2 aliphatic rings. The van der Waals surface area contributed by atoms with Gasteiger partial charge in [-0.05, 0) is 74.2 Å². The molecule has 7 nitrogen and oxygen atoms in total. The van der Waals surface area contributed by atoms with Gasteiger partial charge in [-0.2, -0.15) is 0 Å². The molecule has 1 aliphatic carbocycles. The maximum atomic E-state index is 14.3. The van der Waals surface area contributed by atoms with E-state index in [2.05, 4.69) is 9.98 Å². The van der Waals surface area contributed by atoms with E-state index in [0.717, 1.165) is 22.4 Å². The first-order chi connectivity index (χ1) is 16.4. The lowest BCUT2D eigenvalue weighted by molar-refractivity contribution is 0.226. The molecular formula is C26H31FN6O. The Kier molecular flexibility index (Phi) is 6.95. The Labute approximate surface area is 199 Å². The molecule has 8 heteroatoms. The number of nitrogen functional groups attached to an aromatic ring is 1. The van der Waals surface area contributed by atoms with Gasteiger partial charge in [0.25, 0.3) is 0 Å². The Morgan fingerprint density at radius 2 is 2.03 bits per heavy atom. The van der Waals surface area contributed by atoms with Crippen LogP contribution in [0.4, 0.5) is 10.2 Å². The summed E-state index contributed by atoms with van der Waals surface area (Å²) in [5, 5.41) is 0. The molecule has 0 radical (unpaired) electrons. The number of halogens is 1. The number of fused-ring (bicyclic) bond motifs is 3. The maximum Gasteiger partial charge on any atom is 0.166 e. The molecular weight excluding hydrogens is 431 g/mol. The van der Waals surface area contributed by atoms with E-state index in [0.29, 0.717) is 48.0 Å². The largest absolute Gasteiger partial charge is 0.482 e. The molecule has 1 fully saturated rings. The van der Waals surface area contributed by atoms with Crippen LogP contribution >= 0.6 is 0 Å². The third-order valence-corrected chi connectivity index (χ3v) is 6.07. The molecule has 1 saturated carbocycles. The van der Waals surface area contributed by atoms with Crippen molar-refractivity contribution in [3.63, 3.8) is 0 Å². The molecule has 34 heavy (non-hydrogen) atoms. The molecule has 2 aromatic rings. The van der Waals surface area contributed by atoms with E-state index in [1.165, 1.54) is 25.0 Å². The van der Waals surface area contributed by atoms with E-state index >= 15 is 0 Å². The van der Waals surface area contributed by atoms with Crippen molar-refractivity contribution in [1.82, 2.24) is 4.98 Å². The van der Waals surface area contributed by atoms with Gasteiger partial charge < -0.3 is 21.9 Å². The second-order valence-electron chi connectivity index (χ2n) is 8.67. The van der Waals surface area contributed by atoms with Gasteiger partial charge in [0.2, 0.25) is 0 Å². The van der Waals surface area contributed by atoms with E-state index in [9.17, 15) is 4.39 Å². The molecule has 1 aromatic carbocycles. The van der Waals surface area contributed by atoms with Gasteiger partial charge in [-0.1, -0.05) is 0 Å². The Balaban J connectivity index is 1.94. The van der Waals surface area contributed by atoms with Crippen molar-refractivity contribution in [1.29, 1.82) is 0 Å². The van der Waals surface area contributed by atoms with Crippen LogP contribution in [0.25, 0.3) is 5.70 Å². The van der Waals surface area contributed by atoms with E-state index in [4.69, 9.17) is 26.9 Å². The Bertz CT molecular complexity index is 1200. The molecule has 0 spiro atoms.